The highest BCUT2D eigenvalue weighted by Crippen LogP contribution is 2.35. The highest BCUT2D eigenvalue weighted by molar-refractivity contribution is 9.10. The summed E-state index contributed by atoms with van der Waals surface area (Å²) in [6.07, 6.45) is 1.52. The number of benzene rings is 3. The summed E-state index contributed by atoms with van der Waals surface area (Å²) in [5.74, 6) is -1.16. The first-order valence-electron chi connectivity index (χ1n) is 10.6. The Morgan fingerprint density at radius 1 is 1.00 bits per heavy atom. The lowest BCUT2D eigenvalue weighted by molar-refractivity contribution is -0.127. The zero-order valence-corrected chi connectivity index (χ0v) is 21.3. The number of carbonyl (C=O) groups excluding carboxylic acids is 4. The van der Waals surface area contributed by atoms with Crippen LogP contribution in [0.4, 0.5) is 10.5 Å². The highest BCUT2D eigenvalue weighted by Gasteiger charge is 2.36. The average Bonchev–Trinajstić information content (AvgIpc) is 3.12. The van der Waals surface area contributed by atoms with E-state index in [0.29, 0.717) is 21.3 Å². The maximum absolute atomic E-state index is 12.8. The molecule has 1 fully saturated rings. The predicted octanol–water partition coefficient (Wildman–Crippen LogP) is 5.35. The number of carbonyl (C=O) groups is 4. The van der Waals surface area contributed by atoms with Crippen molar-refractivity contribution in [2.24, 2.45) is 0 Å². The van der Waals surface area contributed by atoms with Gasteiger partial charge in [-0.25, -0.2) is 4.79 Å². The molecular weight excluding hydrogens is 548 g/mol. The van der Waals surface area contributed by atoms with Gasteiger partial charge in [0.25, 0.3) is 11.1 Å². The monoisotopic (exact) mass is 566 g/mol. The molecule has 1 heterocycles. The smallest absolute Gasteiger partial charge is 0.344 e. The van der Waals surface area contributed by atoms with Crippen molar-refractivity contribution >= 4 is 62.5 Å². The van der Waals surface area contributed by atoms with Crippen LogP contribution in [0.5, 0.6) is 11.5 Å². The molecular formula is C26H19BrN2O6S. The maximum atomic E-state index is 12.8. The molecule has 0 spiro atoms. The van der Waals surface area contributed by atoms with Crippen LogP contribution in [0.15, 0.2) is 82.2 Å². The number of hydrogen-bond acceptors (Lipinski definition) is 7. The van der Waals surface area contributed by atoms with Crippen LogP contribution in [0.3, 0.4) is 0 Å². The summed E-state index contributed by atoms with van der Waals surface area (Å²) < 4.78 is 11.4. The number of para-hydroxylation sites is 1. The van der Waals surface area contributed by atoms with Crippen molar-refractivity contribution in [2.75, 3.05) is 19.0 Å². The zero-order chi connectivity index (χ0) is 25.7. The second-order valence-corrected chi connectivity index (χ2v) is 9.31. The minimum atomic E-state index is -0.573. The number of anilines is 1. The molecule has 0 radical (unpaired) electrons. The fourth-order valence-electron chi connectivity index (χ4n) is 3.29. The molecule has 36 heavy (non-hydrogen) atoms. The minimum Gasteiger partial charge on any atom is -0.493 e. The lowest BCUT2D eigenvalue weighted by Crippen LogP contribution is -2.36. The van der Waals surface area contributed by atoms with Gasteiger partial charge < -0.3 is 14.8 Å². The number of methoxy groups -OCH3 is 1. The number of halogens is 1. The average molecular weight is 567 g/mol. The van der Waals surface area contributed by atoms with E-state index in [2.05, 4.69) is 21.2 Å². The summed E-state index contributed by atoms with van der Waals surface area (Å²) >= 11 is 4.06. The fourth-order valence-corrected chi connectivity index (χ4v) is 4.58. The Hall–Kier alpha value is -3.89. The van der Waals surface area contributed by atoms with Crippen molar-refractivity contribution in [3.05, 3.63) is 93.3 Å². The van der Waals surface area contributed by atoms with Crippen LogP contribution in [-0.4, -0.2) is 41.6 Å². The number of amides is 3. The van der Waals surface area contributed by atoms with Crippen molar-refractivity contribution in [2.45, 2.75) is 0 Å². The molecule has 182 valence electrons. The summed E-state index contributed by atoms with van der Waals surface area (Å²) in [5, 5.41) is 2.11. The third-order valence-electron chi connectivity index (χ3n) is 5.01. The van der Waals surface area contributed by atoms with Gasteiger partial charge in [0.15, 0.2) is 11.5 Å². The number of rotatable bonds is 7. The van der Waals surface area contributed by atoms with E-state index < -0.39 is 29.6 Å². The van der Waals surface area contributed by atoms with E-state index in [9.17, 15) is 19.2 Å². The summed E-state index contributed by atoms with van der Waals surface area (Å²) in [6.45, 7) is -0.399. The number of thioether (sulfide) groups is 1. The molecule has 0 aromatic heterocycles. The van der Waals surface area contributed by atoms with Crippen molar-refractivity contribution in [1.29, 1.82) is 0 Å². The van der Waals surface area contributed by atoms with Crippen LogP contribution in [0.25, 0.3) is 6.08 Å². The van der Waals surface area contributed by atoms with Crippen molar-refractivity contribution in [3.8, 4) is 11.5 Å². The topological polar surface area (TPSA) is 102 Å². The van der Waals surface area contributed by atoms with E-state index in [1.165, 1.54) is 19.3 Å². The first kappa shape index (κ1) is 25.2. The lowest BCUT2D eigenvalue weighted by Gasteiger charge is -2.12. The number of ether oxygens (including phenoxy) is 2. The number of nitrogens with one attached hydrogen (secondary N) is 1. The molecule has 0 unspecified atom stereocenters. The van der Waals surface area contributed by atoms with E-state index in [4.69, 9.17) is 9.47 Å². The van der Waals surface area contributed by atoms with E-state index >= 15 is 0 Å². The van der Waals surface area contributed by atoms with Gasteiger partial charge in [-0.3, -0.25) is 19.3 Å². The largest absolute Gasteiger partial charge is 0.493 e. The third kappa shape index (κ3) is 5.84. The van der Waals surface area contributed by atoms with Gasteiger partial charge in [-0.1, -0.05) is 36.4 Å². The van der Waals surface area contributed by atoms with Gasteiger partial charge >= 0.3 is 5.97 Å². The highest BCUT2D eigenvalue weighted by atomic mass is 79.9. The molecule has 3 aromatic carbocycles. The zero-order valence-electron chi connectivity index (χ0n) is 18.9. The molecule has 1 aliphatic heterocycles. The third-order valence-corrected chi connectivity index (χ3v) is 6.61. The predicted molar refractivity (Wildman–Crippen MR) is 140 cm³/mol. The molecule has 0 bridgehead atoms. The Kier molecular flexibility index (Phi) is 7.87. The fraction of sp³-hybridized carbons (Fsp3) is 0.0769. The van der Waals surface area contributed by atoms with E-state index in [0.717, 1.165) is 16.7 Å². The molecule has 1 aliphatic rings. The maximum Gasteiger partial charge on any atom is 0.344 e. The molecule has 8 nitrogen and oxygen atoms in total. The number of imide groups is 1. The molecule has 4 rings (SSSR count). The Bertz CT molecular complexity index is 1380. The molecule has 0 aliphatic carbocycles. The molecule has 1 N–H and O–H groups in total. The van der Waals surface area contributed by atoms with Gasteiger partial charge in [-0.2, -0.15) is 0 Å². The van der Waals surface area contributed by atoms with Crippen LogP contribution < -0.4 is 14.8 Å². The molecule has 3 aromatic rings. The van der Waals surface area contributed by atoms with Crippen molar-refractivity contribution < 1.29 is 28.7 Å². The summed E-state index contributed by atoms with van der Waals surface area (Å²) in [5.41, 5.74) is 1.47. The van der Waals surface area contributed by atoms with Crippen LogP contribution >= 0.6 is 27.7 Å². The van der Waals surface area contributed by atoms with E-state index in [1.54, 1.807) is 60.7 Å². The SMILES string of the molecule is COc1cc(/C=C2\SC(=O)N(CC(=O)Nc3ccccc3)C2=O)ccc1OC(=O)c1ccccc1Br. The summed E-state index contributed by atoms with van der Waals surface area (Å²) in [6, 6.07) is 20.4. The van der Waals surface area contributed by atoms with Crippen LogP contribution in [0.2, 0.25) is 0 Å². The van der Waals surface area contributed by atoms with Crippen molar-refractivity contribution in [1.82, 2.24) is 4.90 Å². The number of esters is 1. The van der Waals surface area contributed by atoms with E-state index in [-0.39, 0.29) is 16.4 Å². The number of hydrogen-bond donors (Lipinski definition) is 1. The van der Waals surface area contributed by atoms with Gasteiger partial charge in [0.2, 0.25) is 5.91 Å². The molecule has 0 saturated carbocycles. The Balaban J connectivity index is 1.47. The van der Waals surface area contributed by atoms with Crippen molar-refractivity contribution in [3.63, 3.8) is 0 Å². The summed E-state index contributed by atoms with van der Waals surface area (Å²) in [4.78, 5) is 51.1. The Morgan fingerprint density at radius 3 is 2.44 bits per heavy atom. The second-order valence-electron chi connectivity index (χ2n) is 7.46. The minimum absolute atomic E-state index is 0.160. The van der Waals surface area contributed by atoms with Crippen LogP contribution in [0.1, 0.15) is 15.9 Å². The van der Waals surface area contributed by atoms with Gasteiger partial charge in [0.1, 0.15) is 6.54 Å². The quantitative estimate of drug-likeness (QED) is 0.233. The summed E-state index contributed by atoms with van der Waals surface area (Å²) in [7, 11) is 1.42. The Morgan fingerprint density at radius 2 is 1.72 bits per heavy atom. The van der Waals surface area contributed by atoms with Crippen LogP contribution in [-0.2, 0) is 9.59 Å². The Labute approximate surface area is 219 Å². The first-order valence-corrected chi connectivity index (χ1v) is 12.2. The molecule has 1 saturated heterocycles. The molecule has 0 atom stereocenters. The van der Waals surface area contributed by atoms with Gasteiger partial charge in [0, 0.05) is 10.2 Å². The van der Waals surface area contributed by atoms with Gasteiger partial charge in [-0.15, -0.1) is 0 Å². The number of nitrogens with zero attached hydrogens (tertiary/aromatic N) is 1. The second kappa shape index (κ2) is 11.2. The molecule has 3 amide bonds. The van der Waals surface area contributed by atoms with Crippen LogP contribution in [0, 0.1) is 0 Å². The van der Waals surface area contributed by atoms with Gasteiger partial charge in [-0.05, 0) is 75.7 Å². The van der Waals surface area contributed by atoms with Gasteiger partial charge in [0.05, 0.1) is 17.6 Å². The standard InChI is InChI=1S/C26H19BrN2O6S/c1-34-21-13-16(11-12-20(21)35-25(32)18-9-5-6-10-19(18)27)14-22-24(31)29(26(33)36-22)15-23(30)28-17-7-3-2-4-8-17/h2-14H,15H2,1H3,(H,28,30)/b22-14-. The lowest BCUT2D eigenvalue weighted by atomic mass is 10.1. The first-order chi connectivity index (χ1) is 17.4. The van der Waals surface area contributed by atoms with E-state index in [1.807, 2.05) is 6.07 Å². The molecule has 10 heteroatoms. The normalized spacial score (nSPS) is 14.2.